The summed E-state index contributed by atoms with van der Waals surface area (Å²) in [5.41, 5.74) is 0.809. The highest BCUT2D eigenvalue weighted by molar-refractivity contribution is 7.89. The van der Waals surface area contributed by atoms with E-state index in [-0.39, 0.29) is 29.9 Å². The summed E-state index contributed by atoms with van der Waals surface area (Å²) in [5.74, 6) is 0.868. The van der Waals surface area contributed by atoms with Crippen LogP contribution >= 0.6 is 0 Å². The fraction of sp³-hybridized carbons (Fsp3) is 0.304. The van der Waals surface area contributed by atoms with Crippen molar-refractivity contribution in [1.29, 1.82) is 0 Å². The third kappa shape index (κ3) is 3.71. The van der Waals surface area contributed by atoms with Gasteiger partial charge in [0.1, 0.15) is 17.4 Å². The van der Waals surface area contributed by atoms with Crippen molar-refractivity contribution in [3.63, 3.8) is 0 Å². The van der Waals surface area contributed by atoms with E-state index in [2.05, 4.69) is 9.97 Å². The predicted molar refractivity (Wildman–Crippen MR) is 114 cm³/mol. The van der Waals surface area contributed by atoms with E-state index in [1.54, 1.807) is 19.2 Å². The lowest BCUT2D eigenvalue weighted by molar-refractivity contribution is 0.134. The number of aromatic nitrogens is 2. The van der Waals surface area contributed by atoms with Crippen LogP contribution in [0.25, 0.3) is 0 Å². The number of benzene rings is 2. The summed E-state index contributed by atoms with van der Waals surface area (Å²) in [6.07, 6.45) is 1.62. The minimum absolute atomic E-state index is 0.0618. The second-order valence-corrected chi connectivity index (χ2v) is 9.89. The molecule has 0 unspecified atom stereocenters. The number of hydrogen-bond acceptors (Lipinski definition) is 6. The predicted octanol–water partition coefficient (Wildman–Crippen LogP) is 3.37. The average Bonchev–Trinajstić information content (AvgIpc) is 3.18. The topological polar surface area (TPSA) is 81.6 Å². The van der Waals surface area contributed by atoms with Crippen LogP contribution in [0, 0.1) is 24.6 Å². The molecule has 2 aromatic carbocycles. The van der Waals surface area contributed by atoms with E-state index in [1.165, 1.54) is 22.5 Å². The number of aryl methyl sites for hydroxylation is 1. The van der Waals surface area contributed by atoms with Gasteiger partial charge >= 0.3 is 0 Å². The normalized spacial score (nSPS) is 22.6. The van der Waals surface area contributed by atoms with Crippen LogP contribution in [-0.2, 0) is 10.0 Å². The smallest absolute Gasteiger partial charge is 0.243 e. The van der Waals surface area contributed by atoms with Crippen LogP contribution in [0.3, 0.4) is 0 Å². The van der Waals surface area contributed by atoms with Crippen molar-refractivity contribution in [2.45, 2.75) is 17.9 Å². The molecule has 0 amide bonds. The average molecular weight is 456 g/mol. The largest absolute Gasteiger partial charge is 0.493 e. The second kappa shape index (κ2) is 8.14. The van der Waals surface area contributed by atoms with Crippen LogP contribution < -0.4 is 9.47 Å². The number of nitrogens with zero attached hydrogens (tertiary/aromatic N) is 3. The molecule has 32 heavy (non-hydrogen) atoms. The summed E-state index contributed by atoms with van der Waals surface area (Å²) in [4.78, 5) is 8.27. The van der Waals surface area contributed by atoms with Gasteiger partial charge in [-0.3, -0.25) is 0 Å². The summed E-state index contributed by atoms with van der Waals surface area (Å²) in [6, 6.07) is 13.8. The Morgan fingerprint density at radius 2 is 2.03 bits per heavy atom. The Bertz CT molecular complexity index is 1250. The van der Waals surface area contributed by atoms with E-state index in [0.717, 1.165) is 11.6 Å². The van der Waals surface area contributed by atoms with Crippen molar-refractivity contribution in [3.8, 4) is 11.6 Å². The van der Waals surface area contributed by atoms with Crippen molar-refractivity contribution in [2.24, 2.45) is 11.8 Å². The van der Waals surface area contributed by atoms with Gasteiger partial charge in [0.05, 0.1) is 24.2 Å². The van der Waals surface area contributed by atoms with E-state index in [9.17, 15) is 12.8 Å². The molecule has 3 aromatic rings. The lowest BCUT2D eigenvalue weighted by Gasteiger charge is -2.34. The Balaban J connectivity index is 1.50. The highest BCUT2D eigenvalue weighted by atomic mass is 32.2. The molecule has 0 spiro atoms. The molecule has 0 saturated carbocycles. The summed E-state index contributed by atoms with van der Waals surface area (Å²) in [5, 5.41) is 0. The van der Waals surface area contributed by atoms with E-state index in [0.29, 0.717) is 24.1 Å². The molecule has 0 radical (unpaired) electrons. The van der Waals surface area contributed by atoms with Crippen LogP contribution in [0.15, 0.2) is 65.7 Å². The van der Waals surface area contributed by atoms with Gasteiger partial charge in [-0.15, -0.1) is 0 Å². The molecule has 1 aromatic heterocycles. The van der Waals surface area contributed by atoms with Gasteiger partial charge in [-0.1, -0.05) is 24.3 Å². The highest BCUT2D eigenvalue weighted by Crippen LogP contribution is 2.49. The van der Waals surface area contributed by atoms with Gasteiger partial charge < -0.3 is 9.47 Å². The van der Waals surface area contributed by atoms with Crippen LogP contribution in [0.4, 0.5) is 4.39 Å². The fourth-order valence-electron chi connectivity index (χ4n) is 4.50. The third-order valence-corrected chi connectivity index (χ3v) is 7.85. The van der Waals surface area contributed by atoms with Gasteiger partial charge in [-0.05, 0) is 31.2 Å². The van der Waals surface area contributed by atoms with Crippen LogP contribution in [0.2, 0.25) is 0 Å². The molecular formula is C23H22FN3O4S. The van der Waals surface area contributed by atoms with Crippen molar-refractivity contribution in [1.82, 2.24) is 14.3 Å². The van der Waals surface area contributed by atoms with E-state index in [4.69, 9.17) is 9.47 Å². The summed E-state index contributed by atoms with van der Waals surface area (Å²) in [7, 11) is -3.94. The number of ether oxygens (including phenoxy) is 2. The molecule has 1 fully saturated rings. The van der Waals surface area contributed by atoms with E-state index in [1.807, 2.05) is 24.3 Å². The van der Waals surface area contributed by atoms with Crippen molar-refractivity contribution < 1.29 is 22.3 Å². The summed E-state index contributed by atoms with van der Waals surface area (Å²) in [6.45, 7) is 2.65. The molecule has 5 rings (SSSR count). The van der Waals surface area contributed by atoms with E-state index >= 15 is 0 Å². The first-order valence-corrected chi connectivity index (χ1v) is 11.8. The number of fused-ring (bicyclic) bond motifs is 3. The highest BCUT2D eigenvalue weighted by Gasteiger charge is 2.51. The monoisotopic (exact) mass is 455 g/mol. The molecule has 0 N–H and O–H groups in total. The molecule has 7 nitrogen and oxygen atoms in total. The molecule has 166 valence electrons. The van der Waals surface area contributed by atoms with Gasteiger partial charge in [0.25, 0.3) is 0 Å². The van der Waals surface area contributed by atoms with E-state index < -0.39 is 21.9 Å². The first kappa shape index (κ1) is 20.8. The van der Waals surface area contributed by atoms with Gasteiger partial charge in [0.15, 0.2) is 0 Å². The zero-order chi connectivity index (χ0) is 22.3. The third-order valence-electron chi connectivity index (χ3n) is 6.00. The SMILES string of the molecule is Cc1nccc(OC[C@@H]2CN(S(=O)(=O)c3cccc(F)c3)[C@H]3c4ccccc4OC[C@@H]23)n1. The minimum Gasteiger partial charge on any atom is -0.493 e. The molecule has 0 aliphatic carbocycles. The Morgan fingerprint density at radius 3 is 2.84 bits per heavy atom. The Kier molecular flexibility index (Phi) is 5.30. The zero-order valence-electron chi connectivity index (χ0n) is 17.4. The van der Waals surface area contributed by atoms with Crippen molar-refractivity contribution in [2.75, 3.05) is 19.8 Å². The summed E-state index contributed by atoms with van der Waals surface area (Å²) < 4.78 is 54.3. The number of halogens is 1. The maximum absolute atomic E-state index is 13.8. The molecule has 3 atom stereocenters. The molecule has 9 heteroatoms. The quantitative estimate of drug-likeness (QED) is 0.587. The van der Waals surface area contributed by atoms with Crippen LogP contribution in [0.5, 0.6) is 11.6 Å². The number of sulfonamides is 1. The lowest BCUT2D eigenvalue weighted by Crippen LogP contribution is -2.35. The molecule has 1 saturated heterocycles. The first-order chi connectivity index (χ1) is 15.4. The number of hydrogen-bond donors (Lipinski definition) is 0. The number of para-hydroxylation sites is 1. The second-order valence-electron chi connectivity index (χ2n) is 8.00. The summed E-state index contributed by atoms with van der Waals surface area (Å²) >= 11 is 0. The van der Waals surface area contributed by atoms with Crippen molar-refractivity contribution >= 4 is 10.0 Å². The molecule has 3 heterocycles. The minimum atomic E-state index is -3.94. The lowest BCUT2D eigenvalue weighted by atomic mass is 9.86. The molecule has 2 aliphatic rings. The maximum Gasteiger partial charge on any atom is 0.243 e. The molecule has 2 aliphatic heterocycles. The van der Waals surface area contributed by atoms with Gasteiger partial charge in [-0.25, -0.2) is 17.8 Å². The Labute approximate surface area is 185 Å². The van der Waals surface area contributed by atoms with Gasteiger partial charge in [0, 0.05) is 36.2 Å². The number of rotatable bonds is 5. The van der Waals surface area contributed by atoms with Crippen LogP contribution in [0.1, 0.15) is 17.4 Å². The first-order valence-electron chi connectivity index (χ1n) is 10.3. The van der Waals surface area contributed by atoms with Gasteiger partial charge in [0.2, 0.25) is 15.9 Å². The van der Waals surface area contributed by atoms with Crippen molar-refractivity contribution in [3.05, 3.63) is 78.0 Å². The Morgan fingerprint density at radius 1 is 1.19 bits per heavy atom. The fourth-order valence-corrected chi connectivity index (χ4v) is 6.24. The standard InChI is InChI=1S/C23H22FN3O4S/c1-15-25-10-9-22(26-15)31-13-16-12-27(32(28,29)18-6-4-5-17(24)11-18)23-19-7-2-3-8-21(19)30-14-20(16)23/h2-11,16,20,23H,12-14H2,1H3/t16-,20-,23-/m0/s1. The molecular weight excluding hydrogens is 433 g/mol. The zero-order valence-corrected chi connectivity index (χ0v) is 18.2. The van der Waals surface area contributed by atoms with Gasteiger partial charge in [-0.2, -0.15) is 9.29 Å². The van der Waals surface area contributed by atoms with Crippen LogP contribution in [-0.4, -0.2) is 42.4 Å². The maximum atomic E-state index is 13.8. The molecule has 0 bridgehead atoms. The Hall–Kier alpha value is -3.04.